The number of thiazole rings is 1. The monoisotopic (exact) mass is 289 g/mol. The summed E-state index contributed by atoms with van der Waals surface area (Å²) in [4.78, 5) is 15.0. The molecule has 1 fully saturated rings. The lowest BCUT2D eigenvalue weighted by Gasteiger charge is -2.10. The zero-order chi connectivity index (χ0) is 14.1. The molecule has 106 valence electrons. The Morgan fingerprint density at radius 1 is 1.25 bits per heavy atom. The molecular weight excluding hydrogens is 270 g/mol. The van der Waals surface area contributed by atoms with Crippen LogP contribution in [-0.2, 0) is 0 Å². The molecule has 0 bridgehead atoms. The van der Waals surface area contributed by atoms with Gasteiger partial charge in [0.2, 0.25) is 0 Å². The van der Waals surface area contributed by atoms with E-state index in [4.69, 9.17) is 0 Å². The number of aryl methyl sites for hydroxylation is 3. The number of rotatable bonds is 3. The van der Waals surface area contributed by atoms with Crippen LogP contribution in [0.2, 0.25) is 0 Å². The summed E-state index contributed by atoms with van der Waals surface area (Å²) in [7, 11) is 0. The topological polar surface area (TPSA) is 62.7 Å². The lowest BCUT2D eigenvalue weighted by atomic mass is 10.1. The van der Waals surface area contributed by atoms with Crippen LogP contribution in [0.25, 0.3) is 0 Å². The van der Waals surface area contributed by atoms with E-state index in [0.29, 0.717) is 5.92 Å². The molecule has 3 rings (SSSR count). The zero-order valence-corrected chi connectivity index (χ0v) is 12.8. The van der Waals surface area contributed by atoms with Crippen molar-refractivity contribution in [1.29, 1.82) is 0 Å². The maximum atomic E-state index is 4.65. The van der Waals surface area contributed by atoms with Crippen molar-refractivity contribution in [1.82, 2.24) is 20.3 Å². The second-order valence-corrected chi connectivity index (χ2v) is 6.43. The van der Waals surface area contributed by atoms with E-state index in [1.165, 1.54) is 4.88 Å². The van der Waals surface area contributed by atoms with Crippen LogP contribution in [0.4, 0.5) is 10.9 Å². The quantitative estimate of drug-likeness (QED) is 0.909. The van der Waals surface area contributed by atoms with Gasteiger partial charge in [-0.1, -0.05) is 0 Å². The molecule has 0 unspecified atom stereocenters. The minimum Gasteiger partial charge on any atom is -0.316 e. The molecule has 1 atom stereocenters. The first-order valence-corrected chi connectivity index (χ1v) is 7.71. The van der Waals surface area contributed by atoms with Gasteiger partial charge in [-0.2, -0.15) is 0 Å². The van der Waals surface area contributed by atoms with Gasteiger partial charge in [0.15, 0.2) is 5.13 Å². The van der Waals surface area contributed by atoms with E-state index in [9.17, 15) is 0 Å². The van der Waals surface area contributed by atoms with Gasteiger partial charge in [-0.05, 0) is 33.7 Å². The molecule has 3 heterocycles. The second kappa shape index (κ2) is 5.46. The van der Waals surface area contributed by atoms with Crippen LogP contribution in [0.1, 0.15) is 34.4 Å². The van der Waals surface area contributed by atoms with Gasteiger partial charge in [-0.3, -0.25) is 0 Å². The Morgan fingerprint density at radius 2 is 2.10 bits per heavy atom. The zero-order valence-electron chi connectivity index (χ0n) is 12.0. The first-order valence-electron chi connectivity index (χ1n) is 6.89. The van der Waals surface area contributed by atoms with Crippen LogP contribution in [0.3, 0.4) is 0 Å². The van der Waals surface area contributed by atoms with Crippen molar-refractivity contribution < 1.29 is 0 Å². The van der Waals surface area contributed by atoms with Crippen molar-refractivity contribution in [2.24, 2.45) is 0 Å². The van der Waals surface area contributed by atoms with Crippen molar-refractivity contribution in [3.63, 3.8) is 0 Å². The summed E-state index contributed by atoms with van der Waals surface area (Å²) in [6.45, 7) is 8.14. The van der Waals surface area contributed by atoms with E-state index < -0.39 is 0 Å². The third-order valence-corrected chi connectivity index (χ3v) is 4.55. The van der Waals surface area contributed by atoms with Crippen molar-refractivity contribution in [3.05, 3.63) is 28.2 Å². The SMILES string of the molecule is Cc1cc(Nc2nc(C)c(C)s2)nc([C@H]2CCNC2)n1. The summed E-state index contributed by atoms with van der Waals surface area (Å²) in [6, 6.07) is 1.97. The number of hydrogen-bond acceptors (Lipinski definition) is 6. The highest BCUT2D eigenvalue weighted by molar-refractivity contribution is 7.15. The highest BCUT2D eigenvalue weighted by Crippen LogP contribution is 2.26. The van der Waals surface area contributed by atoms with Gasteiger partial charge < -0.3 is 10.6 Å². The van der Waals surface area contributed by atoms with Crippen LogP contribution >= 0.6 is 11.3 Å². The highest BCUT2D eigenvalue weighted by atomic mass is 32.1. The maximum Gasteiger partial charge on any atom is 0.188 e. The Kier molecular flexibility index (Phi) is 3.67. The van der Waals surface area contributed by atoms with Crippen LogP contribution in [0.15, 0.2) is 6.07 Å². The average Bonchev–Trinajstić information content (AvgIpc) is 3.00. The molecular formula is C14H19N5S. The van der Waals surface area contributed by atoms with Crippen LogP contribution in [-0.4, -0.2) is 28.0 Å². The van der Waals surface area contributed by atoms with Crippen molar-refractivity contribution in [2.75, 3.05) is 18.4 Å². The van der Waals surface area contributed by atoms with Crippen LogP contribution < -0.4 is 10.6 Å². The van der Waals surface area contributed by atoms with E-state index in [0.717, 1.165) is 47.7 Å². The summed E-state index contributed by atoms with van der Waals surface area (Å²) in [5, 5.41) is 7.56. The van der Waals surface area contributed by atoms with Crippen LogP contribution in [0.5, 0.6) is 0 Å². The lowest BCUT2D eigenvalue weighted by molar-refractivity contribution is 0.698. The Hall–Kier alpha value is -1.53. The van der Waals surface area contributed by atoms with Gasteiger partial charge in [-0.15, -0.1) is 11.3 Å². The van der Waals surface area contributed by atoms with E-state index in [2.05, 4.69) is 32.5 Å². The van der Waals surface area contributed by atoms with Gasteiger partial charge in [0.1, 0.15) is 11.6 Å². The summed E-state index contributed by atoms with van der Waals surface area (Å²) < 4.78 is 0. The maximum absolute atomic E-state index is 4.65. The Morgan fingerprint density at radius 3 is 2.75 bits per heavy atom. The second-order valence-electron chi connectivity index (χ2n) is 5.23. The number of aromatic nitrogens is 3. The third kappa shape index (κ3) is 2.81. The Balaban J connectivity index is 1.85. The average molecular weight is 289 g/mol. The first-order chi connectivity index (χ1) is 9.61. The predicted molar refractivity (Wildman–Crippen MR) is 81.9 cm³/mol. The fraction of sp³-hybridized carbons (Fsp3) is 0.500. The number of anilines is 2. The van der Waals surface area contributed by atoms with Crippen molar-refractivity contribution in [2.45, 2.75) is 33.1 Å². The summed E-state index contributed by atoms with van der Waals surface area (Å²) in [5.74, 6) is 2.20. The molecule has 2 aromatic rings. The Bertz CT molecular complexity index is 597. The summed E-state index contributed by atoms with van der Waals surface area (Å²) >= 11 is 1.66. The standard InChI is InChI=1S/C14H19N5S/c1-8-6-12(19-14-17-9(2)10(3)20-14)18-13(16-8)11-4-5-15-7-11/h6,11,15H,4-5,7H2,1-3H3,(H,16,17,18,19)/t11-/m0/s1. The minimum atomic E-state index is 0.426. The molecule has 0 saturated carbocycles. The van der Waals surface area contributed by atoms with E-state index >= 15 is 0 Å². The molecule has 0 radical (unpaired) electrons. The van der Waals surface area contributed by atoms with Gasteiger partial charge in [0.05, 0.1) is 5.69 Å². The molecule has 2 aromatic heterocycles. The molecule has 6 heteroatoms. The third-order valence-electron chi connectivity index (χ3n) is 3.56. The molecule has 0 aromatic carbocycles. The van der Waals surface area contributed by atoms with Crippen molar-refractivity contribution >= 4 is 22.3 Å². The predicted octanol–water partition coefficient (Wildman–Crippen LogP) is 2.68. The normalized spacial score (nSPS) is 18.4. The van der Waals surface area contributed by atoms with Gasteiger partial charge in [-0.25, -0.2) is 15.0 Å². The van der Waals surface area contributed by atoms with Gasteiger partial charge >= 0.3 is 0 Å². The molecule has 1 saturated heterocycles. The summed E-state index contributed by atoms with van der Waals surface area (Å²) in [6.07, 6.45) is 1.11. The van der Waals surface area contributed by atoms with E-state index in [-0.39, 0.29) is 0 Å². The minimum absolute atomic E-state index is 0.426. The van der Waals surface area contributed by atoms with Crippen molar-refractivity contribution in [3.8, 4) is 0 Å². The van der Waals surface area contributed by atoms with E-state index in [1.807, 2.05) is 19.9 Å². The largest absolute Gasteiger partial charge is 0.316 e. The fourth-order valence-electron chi connectivity index (χ4n) is 2.35. The molecule has 2 N–H and O–H groups in total. The fourth-order valence-corrected chi connectivity index (χ4v) is 3.17. The van der Waals surface area contributed by atoms with E-state index in [1.54, 1.807) is 11.3 Å². The molecule has 0 spiro atoms. The Labute approximate surface area is 122 Å². The lowest BCUT2D eigenvalue weighted by Crippen LogP contribution is -2.11. The summed E-state index contributed by atoms with van der Waals surface area (Å²) in [5.41, 5.74) is 2.07. The molecule has 0 aliphatic carbocycles. The first kappa shape index (κ1) is 13.5. The highest BCUT2D eigenvalue weighted by Gasteiger charge is 2.20. The number of hydrogen-bond donors (Lipinski definition) is 2. The van der Waals surface area contributed by atoms with Gasteiger partial charge in [0, 0.05) is 29.1 Å². The molecule has 0 amide bonds. The molecule has 20 heavy (non-hydrogen) atoms. The smallest absolute Gasteiger partial charge is 0.188 e. The number of nitrogens with one attached hydrogen (secondary N) is 2. The van der Waals surface area contributed by atoms with Crippen LogP contribution in [0, 0.1) is 20.8 Å². The molecule has 5 nitrogen and oxygen atoms in total. The number of nitrogens with zero attached hydrogens (tertiary/aromatic N) is 3. The molecule has 1 aliphatic rings. The molecule has 1 aliphatic heterocycles. The van der Waals surface area contributed by atoms with Gasteiger partial charge in [0.25, 0.3) is 0 Å².